The number of carbonyl (C=O) groups excluding carboxylic acids is 1. The second-order valence-corrected chi connectivity index (χ2v) is 5.90. The van der Waals surface area contributed by atoms with Crippen molar-refractivity contribution in [2.75, 3.05) is 12.3 Å². The van der Waals surface area contributed by atoms with Crippen molar-refractivity contribution < 1.29 is 13.9 Å². The van der Waals surface area contributed by atoms with E-state index >= 15 is 0 Å². The number of nitrogen functional groups attached to an aromatic ring is 1. The number of nitrogens with zero attached hydrogens (tertiary/aromatic N) is 2. The first-order valence-corrected chi connectivity index (χ1v) is 7.89. The van der Waals surface area contributed by atoms with Crippen molar-refractivity contribution in [2.45, 2.75) is 6.92 Å². The summed E-state index contributed by atoms with van der Waals surface area (Å²) in [6, 6.07) is 5.38. The van der Waals surface area contributed by atoms with Crippen molar-refractivity contribution >= 4 is 38.7 Å². The van der Waals surface area contributed by atoms with E-state index in [-0.39, 0.29) is 16.1 Å². The normalized spacial score (nSPS) is 10.5. The molecule has 7 heteroatoms. The number of fused-ring (bicyclic) bond motifs is 1. The lowest BCUT2D eigenvalue weighted by Crippen LogP contribution is -2.06. The first-order chi connectivity index (χ1) is 11.5. The maximum atomic E-state index is 13.6. The van der Waals surface area contributed by atoms with E-state index in [1.807, 2.05) is 0 Å². The molecule has 0 amide bonds. The molecule has 0 bridgehead atoms. The van der Waals surface area contributed by atoms with Gasteiger partial charge in [-0.1, -0.05) is 0 Å². The topological polar surface area (TPSA) is 69.6 Å². The van der Waals surface area contributed by atoms with E-state index in [0.29, 0.717) is 28.3 Å². The molecule has 0 saturated heterocycles. The largest absolute Gasteiger partial charge is 0.493 e. The molecule has 5 nitrogen and oxygen atoms in total. The molecule has 1 aromatic carbocycles. The summed E-state index contributed by atoms with van der Waals surface area (Å²) in [6.07, 6.45) is 1.42. The Bertz CT molecular complexity index is 991. The summed E-state index contributed by atoms with van der Waals surface area (Å²) in [5.41, 5.74) is 6.77. The summed E-state index contributed by atoms with van der Waals surface area (Å²) in [5.74, 6) is -0.659. The van der Waals surface area contributed by atoms with Crippen LogP contribution in [0.2, 0.25) is 0 Å². The highest BCUT2D eigenvalue weighted by Gasteiger charge is 2.22. The molecular formula is C17H12FN3O2S. The van der Waals surface area contributed by atoms with Crippen LogP contribution in [0.25, 0.3) is 15.1 Å². The molecule has 0 aliphatic rings. The fourth-order valence-electron chi connectivity index (χ4n) is 2.30. The van der Waals surface area contributed by atoms with Crippen molar-refractivity contribution in [2.24, 2.45) is 0 Å². The second-order valence-electron chi connectivity index (χ2n) is 4.91. The lowest BCUT2D eigenvalue weighted by molar-refractivity contribution is 0.103. The summed E-state index contributed by atoms with van der Waals surface area (Å²) in [5, 5.41) is 0.547. The number of halogens is 1. The van der Waals surface area contributed by atoms with E-state index < -0.39 is 11.6 Å². The molecule has 3 rings (SSSR count). The van der Waals surface area contributed by atoms with Crippen LogP contribution in [0, 0.1) is 12.4 Å². The van der Waals surface area contributed by atoms with Crippen LogP contribution in [0.4, 0.5) is 15.8 Å². The van der Waals surface area contributed by atoms with Crippen LogP contribution in [-0.4, -0.2) is 17.4 Å². The summed E-state index contributed by atoms with van der Waals surface area (Å²) >= 11 is 1.11. The lowest BCUT2D eigenvalue weighted by atomic mass is 10.1. The maximum absolute atomic E-state index is 13.6. The molecule has 24 heavy (non-hydrogen) atoms. The number of hydrogen-bond donors (Lipinski definition) is 1. The van der Waals surface area contributed by atoms with Gasteiger partial charge in [-0.05, 0) is 31.2 Å². The third-order valence-electron chi connectivity index (χ3n) is 3.39. The number of anilines is 1. The first-order valence-electron chi connectivity index (χ1n) is 7.07. The van der Waals surface area contributed by atoms with Crippen molar-refractivity contribution in [3.8, 4) is 5.75 Å². The second kappa shape index (κ2) is 6.26. The van der Waals surface area contributed by atoms with Gasteiger partial charge in [0.2, 0.25) is 11.5 Å². The van der Waals surface area contributed by atoms with Crippen LogP contribution < -0.4 is 10.5 Å². The molecule has 0 atom stereocenters. The van der Waals surface area contributed by atoms with Gasteiger partial charge in [-0.3, -0.25) is 9.78 Å². The number of pyridine rings is 1. The number of rotatable bonds is 4. The molecule has 0 fully saturated rings. The van der Waals surface area contributed by atoms with Crippen LogP contribution in [-0.2, 0) is 0 Å². The van der Waals surface area contributed by atoms with Crippen LogP contribution in [0.1, 0.15) is 22.2 Å². The van der Waals surface area contributed by atoms with Crippen LogP contribution in [0.3, 0.4) is 0 Å². The number of benzene rings is 1. The van der Waals surface area contributed by atoms with E-state index in [1.165, 1.54) is 18.3 Å². The highest BCUT2D eigenvalue weighted by molar-refractivity contribution is 7.21. The molecule has 0 unspecified atom stereocenters. The number of aromatic nitrogens is 1. The zero-order valence-electron chi connectivity index (χ0n) is 12.7. The molecule has 2 aromatic heterocycles. The minimum Gasteiger partial charge on any atom is -0.493 e. The zero-order valence-corrected chi connectivity index (χ0v) is 13.5. The molecule has 2 N–H and O–H groups in total. The Labute approximate surface area is 141 Å². The molecule has 2 heterocycles. The fraction of sp³-hybridized carbons (Fsp3) is 0.118. The number of thiophene rings is 1. The van der Waals surface area contributed by atoms with Gasteiger partial charge in [0.25, 0.3) is 0 Å². The minimum atomic E-state index is -0.532. The third-order valence-corrected chi connectivity index (χ3v) is 4.52. The van der Waals surface area contributed by atoms with Gasteiger partial charge in [0.05, 0.1) is 24.4 Å². The standard InChI is InChI=1S/C17H12FN3O2S/c1-3-23-13-5-4-9(18)6-11(13)15(22)16-14(19)12-7-10(20-2)8-21-17(12)24-16/h4-8H,3,19H2,1H3. The smallest absolute Gasteiger partial charge is 0.208 e. The van der Waals surface area contributed by atoms with E-state index in [4.69, 9.17) is 17.0 Å². The van der Waals surface area contributed by atoms with Gasteiger partial charge in [0.15, 0.2) is 0 Å². The number of nitrogens with two attached hydrogens (primary N) is 1. The minimum absolute atomic E-state index is 0.112. The molecule has 0 aliphatic heterocycles. The summed E-state index contributed by atoms with van der Waals surface area (Å²) < 4.78 is 19.0. The molecular weight excluding hydrogens is 329 g/mol. The quantitative estimate of drug-likeness (QED) is 0.570. The van der Waals surface area contributed by atoms with Crippen molar-refractivity contribution in [1.29, 1.82) is 0 Å². The maximum Gasteiger partial charge on any atom is 0.208 e. The highest BCUT2D eigenvalue weighted by atomic mass is 32.1. The summed E-state index contributed by atoms with van der Waals surface area (Å²) in [6.45, 7) is 9.17. The molecule has 120 valence electrons. The average molecular weight is 341 g/mol. The Morgan fingerprint density at radius 2 is 2.25 bits per heavy atom. The van der Waals surface area contributed by atoms with Crippen LogP contribution >= 0.6 is 11.3 Å². The Kier molecular flexibility index (Phi) is 4.15. The van der Waals surface area contributed by atoms with Gasteiger partial charge in [-0.25, -0.2) is 9.24 Å². The number of ether oxygens (including phenoxy) is 1. The molecule has 0 aliphatic carbocycles. The monoisotopic (exact) mass is 341 g/mol. The average Bonchev–Trinajstić information content (AvgIpc) is 2.92. The van der Waals surface area contributed by atoms with E-state index in [9.17, 15) is 9.18 Å². The van der Waals surface area contributed by atoms with Crippen molar-refractivity contribution in [3.63, 3.8) is 0 Å². The van der Waals surface area contributed by atoms with Gasteiger partial charge in [-0.15, -0.1) is 11.3 Å². The third kappa shape index (κ3) is 2.68. The van der Waals surface area contributed by atoms with Crippen molar-refractivity contribution in [3.05, 3.63) is 58.1 Å². The van der Waals surface area contributed by atoms with Crippen LogP contribution in [0.5, 0.6) is 5.75 Å². The van der Waals surface area contributed by atoms with Gasteiger partial charge in [-0.2, -0.15) is 0 Å². The SMILES string of the molecule is [C-]#[N+]c1cnc2sc(C(=O)c3cc(F)ccc3OCC)c(N)c2c1. The fourth-order valence-corrected chi connectivity index (χ4v) is 3.30. The number of hydrogen-bond acceptors (Lipinski definition) is 5. The number of ketones is 1. The van der Waals surface area contributed by atoms with E-state index in [0.717, 1.165) is 17.4 Å². The molecule has 0 spiro atoms. The first kappa shape index (κ1) is 15.9. The zero-order chi connectivity index (χ0) is 17.3. The summed E-state index contributed by atoms with van der Waals surface area (Å²) in [4.78, 5) is 21.1. The van der Waals surface area contributed by atoms with Crippen LogP contribution in [0.15, 0.2) is 30.5 Å². The van der Waals surface area contributed by atoms with Crippen molar-refractivity contribution in [1.82, 2.24) is 4.98 Å². The van der Waals surface area contributed by atoms with Gasteiger partial charge >= 0.3 is 0 Å². The Morgan fingerprint density at radius 3 is 2.96 bits per heavy atom. The number of carbonyl (C=O) groups is 1. The Hall–Kier alpha value is -2.98. The highest BCUT2D eigenvalue weighted by Crippen LogP contribution is 2.37. The predicted molar refractivity (Wildman–Crippen MR) is 91.3 cm³/mol. The Morgan fingerprint density at radius 1 is 1.46 bits per heavy atom. The lowest BCUT2D eigenvalue weighted by Gasteiger charge is -2.09. The predicted octanol–water partition coefficient (Wildman–Crippen LogP) is 4.20. The van der Waals surface area contributed by atoms with Gasteiger partial charge in [0.1, 0.15) is 21.3 Å². The van der Waals surface area contributed by atoms with Gasteiger partial charge < -0.3 is 10.5 Å². The summed E-state index contributed by atoms with van der Waals surface area (Å²) in [7, 11) is 0. The van der Waals surface area contributed by atoms with Gasteiger partial charge in [0, 0.05) is 11.6 Å². The Balaban J connectivity index is 2.14. The molecule has 0 radical (unpaired) electrons. The molecule has 3 aromatic rings. The molecule has 0 saturated carbocycles. The van der Waals surface area contributed by atoms with E-state index in [2.05, 4.69) is 9.83 Å². The van der Waals surface area contributed by atoms with E-state index in [1.54, 1.807) is 13.0 Å².